The molecule has 1 aromatic rings. The zero-order chi connectivity index (χ0) is 13.4. The minimum absolute atomic E-state index is 0.0312. The fourth-order valence-electron chi connectivity index (χ4n) is 1.10. The Kier molecular flexibility index (Phi) is 3.17. The smallest absolute Gasteiger partial charge is 0.397 e. The largest absolute Gasteiger partial charge is 0.456 e. The molecule has 0 spiro atoms. The summed E-state index contributed by atoms with van der Waals surface area (Å²) >= 11 is 0. The average Bonchev–Trinajstić information content (AvgIpc) is 2.19. The molecule has 0 heterocycles. The van der Waals surface area contributed by atoms with E-state index in [1.54, 1.807) is 0 Å². The molecule has 0 aliphatic rings. The Labute approximate surface area is 92.2 Å². The van der Waals surface area contributed by atoms with Gasteiger partial charge in [0.2, 0.25) is 0 Å². The van der Waals surface area contributed by atoms with Gasteiger partial charge in [-0.05, 0) is 17.7 Å². The highest BCUT2D eigenvalue weighted by molar-refractivity contribution is 5.64. The molecule has 1 aromatic carbocycles. The summed E-state index contributed by atoms with van der Waals surface area (Å²) < 4.78 is 74.2. The van der Waals surface area contributed by atoms with Gasteiger partial charge in [-0.15, -0.1) is 0 Å². The lowest BCUT2D eigenvalue weighted by atomic mass is 10.0. The predicted molar refractivity (Wildman–Crippen MR) is 50.1 cm³/mol. The summed E-state index contributed by atoms with van der Waals surface area (Å²) in [6.45, 7) is 0. The van der Waals surface area contributed by atoms with Gasteiger partial charge >= 0.3 is 12.1 Å². The topological polar surface area (TPSA) is 52.0 Å². The quantitative estimate of drug-likeness (QED) is 0.632. The Morgan fingerprint density at radius 2 is 1.47 bits per heavy atom. The molecule has 1 atom stereocenters. The number of benzene rings is 1. The van der Waals surface area contributed by atoms with Gasteiger partial charge in [-0.2, -0.15) is 22.0 Å². The third-order valence-corrected chi connectivity index (χ3v) is 2.10. The Bertz CT molecular complexity index is 414. The molecule has 0 bridgehead atoms. The van der Waals surface area contributed by atoms with E-state index in [9.17, 15) is 26.3 Å². The molecule has 4 N–H and O–H groups in total. The first-order valence-electron chi connectivity index (χ1n) is 4.31. The molecule has 0 saturated heterocycles. The number of halogens is 6. The van der Waals surface area contributed by atoms with Gasteiger partial charge in [0.05, 0.1) is 11.4 Å². The lowest BCUT2D eigenvalue weighted by Crippen LogP contribution is -2.40. The molecule has 2 nitrogen and oxygen atoms in total. The van der Waals surface area contributed by atoms with E-state index in [2.05, 4.69) is 0 Å². The van der Waals surface area contributed by atoms with Crippen LogP contribution < -0.4 is 11.5 Å². The second-order valence-electron chi connectivity index (χ2n) is 3.37. The van der Waals surface area contributed by atoms with Gasteiger partial charge < -0.3 is 11.5 Å². The Morgan fingerprint density at radius 3 is 1.88 bits per heavy atom. The standard InChI is InChI=1S/C9H8F6N2/c10-7(8(11,12)9(13,14)15)4-1-2-5(16)6(17)3-4/h1-3,7H,16-17H2. The van der Waals surface area contributed by atoms with Crippen LogP contribution in [0.4, 0.5) is 37.7 Å². The molecule has 1 unspecified atom stereocenters. The van der Waals surface area contributed by atoms with Crippen molar-refractivity contribution in [3.8, 4) is 0 Å². The normalized spacial score (nSPS) is 14.7. The van der Waals surface area contributed by atoms with Crippen LogP contribution in [0.25, 0.3) is 0 Å². The number of nitrogen functional groups attached to an aromatic ring is 2. The first-order chi connectivity index (χ1) is 7.57. The summed E-state index contributed by atoms with van der Waals surface area (Å²) in [5, 5.41) is 0. The van der Waals surface area contributed by atoms with Crippen molar-refractivity contribution in [1.29, 1.82) is 0 Å². The third-order valence-electron chi connectivity index (χ3n) is 2.10. The molecule has 0 aliphatic heterocycles. The van der Waals surface area contributed by atoms with Crippen molar-refractivity contribution in [2.75, 3.05) is 11.5 Å². The number of anilines is 2. The minimum Gasteiger partial charge on any atom is -0.397 e. The molecule has 0 radical (unpaired) electrons. The van der Waals surface area contributed by atoms with E-state index in [4.69, 9.17) is 11.5 Å². The molecule has 0 aromatic heterocycles. The maximum absolute atomic E-state index is 13.2. The summed E-state index contributed by atoms with van der Waals surface area (Å²) in [4.78, 5) is 0. The maximum atomic E-state index is 13.2. The van der Waals surface area contributed by atoms with Crippen molar-refractivity contribution >= 4 is 11.4 Å². The number of hydrogen-bond donors (Lipinski definition) is 2. The first kappa shape index (κ1) is 13.5. The fourth-order valence-corrected chi connectivity index (χ4v) is 1.10. The summed E-state index contributed by atoms with van der Waals surface area (Å²) in [7, 11) is 0. The molecule has 1 rings (SSSR count). The predicted octanol–water partition coefficient (Wildman–Crippen LogP) is 3.06. The van der Waals surface area contributed by atoms with E-state index in [0.29, 0.717) is 6.07 Å². The fraction of sp³-hybridized carbons (Fsp3) is 0.333. The molecule has 17 heavy (non-hydrogen) atoms. The van der Waals surface area contributed by atoms with Crippen LogP contribution in [0.3, 0.4) is 0 Å². The lowest BCUT2D eigenvalue weighted by Gasteiger charge is -2.23. The van der Waals surface area contributed by atoms with Crippen LogP contribution in [0.5, 0.6) is 0 Å². The number of hydrogen-bond acceptors (Lipinski definition) is 2. The highest BCUT2D eigenvalue weighted by Crippen LogP contribution is 2.46. The van der Waals surface area contributed by atoms with E-state index >= 15 is 0 Å². The summed E-state index contributed by atoms with van der Waals surface area (Å²) in [5.74, 6) is -5.48. The van der Waals surface area contributed by atoms with Crippen LogP contribution in [0.1, 0.15) is 11.7 Å². The van der Waals surface area contributed by atoms with E-state index in [1.807, 2.05) is 0 Å². The summed E-state index contributed by atoms with van der Waals surface area (Å²) in [6.07, 6.45) is -9.49. The van der Waals surface area contributed by atoms with E-state index in [1.165, 1.54) is 0 Å². The van der Waals surface area contributed by atoms with Crippen LogP contribution in [-0.2, 0) is 0 Å². The molecule has 8 heteroatoms. The highest BCUT2D eigenvalue weighted by Gasteiger charge is 2.63. The van der Waals surface area contributed by atoms with Crippen molar-refractivity contribution in [3.63, 3.8) is 0 Å². The molecule has 96 valence electrons. The van der Waals surface area contributed by atoms with E-state index in [-0.39, 0.29) is 11.4 Å². The summed E-state index contributed by atoms with van der Waals surface area (Å²) in [5.41, 5.74) is 9.25. The van der Waals surface area contributed by atoms with Crippen LogP contribution in [-0.4, -0.2) is 12.1 Å². The van der Waals surface area contributed by atoms with Crippen molar-refractivity contribution in [2.24, 2.45) is 0 Å². The van der Waals surface area contributed by atoms with Crippen molar-refractivity contribution in [3.05, 3.63) is 23.8 Å². The molecule has 0 amide bonds. The molecule has 0 saturated carbocycles. The second kappa shape index (κ2) is 4.01. The van der Waals surface area contributed by atoms with Crippen LogP contribution in [0.2, 0.25) is 0 Å². The molecular formula is C9H8F6N2. The molecule has 0 fully saturated rings. The van der Waals surface area contributed by atoms with Gasteiger partial charge in [0.1, 0.15) is 0 Å². The third kappa shape index (κ3) is 2.40. The van der Waals surface area contributed by atoms with Crippen LogP contribution in [0.15, 0.2) is 18.2 Å². The monoisotopic (exact) mass is 258 g/mol. The van der Waals surface area contributed by atoms with Crippen LogP contribution in [0, 0.1) is 0 Å². The van der Waals surface area contributed by atoms with Crippen molar-refractivity contribution < 1.29 is 26.3 Å². The Balaban J connectivity index is 3.12. The zero-order valence-corrected chi connectivity index (χ0v) is 8.23. The SMILES string of the molecule is Nc1ccc(C(F)C(F)(F)C(F)(F)F)cc1N. The van der Waals surface area contributed by atoms with E-state index in [0.717, 1.165) is 12.1 Å². The Hall–Kier alpha value is -1.60. The van der Waals surface area contributed by atoms with Crippen molar-refractivity contribution in [2.45, 2.75) is 18.3 Å². The zero-order valence-electron chi connectivity index (χ0n) is 8.23. The Morgan fingerprint density at radius 1 is 0.941 bits per heavy atom. The van der Waals surface area contributed by atoms with Gasteiger partial charge in [-0.3, -0.25) is 0 Å². The lowest BCUT2D eigenvalue weighted by molar-refractivity contribution is -0.305. The van der Waals surface area contributed by atoms with Gasteiger partial charge in [-0.25, -0.2) is 4.39 Å². The maximum Gasteiger partial charge on any atom is 0.456 e. The van der Waals surface area contributed by atoms with Gasteiger partial charge in [0, 0.05) is 0 Å². The number of nitrogens with two attached hydrogens (primary N) is 2. The minimum atomic E-state index is -5.97. The van der Waals surface area contributed by atoms with Gasteiger partial charge in [0.25, 0.3) is 0 Å². The average molecular weight is 258 g/mol. The number of rotatable bonds is 2. The molecular weight excluding hydrogens is 250 g/mol. The van der Waals surface area contributed by atoms with Crippen LogP contribution >= 0.6 is 0 Å². The molecule has 0 aliphatic carbocycles. The first-order valence-corrected chi connectivity index (χ1v) is 4.31. The summed E-state index contributed by atoms with van der Waals surface area (Å²) in [6, 6.07) is 2.35. The van der Waals surface area contributed by atoms with Gasteiger partial charge in [0.15, 0.2) is 6.17 Å². The highest BCUT2D eigenvalue weighted by atomic mass is 19.4. The number of alkyl halides is 6. The second-order valence-corrected chi connectivity index (χ2v) is 3.37. The van der Waals surface area contributed by atoms with Gasteiger partial charge in [-0.1, -0.05) is 6.07 Å². The van der Waals surface area contributed by atoms with Crippen molar-refractivity contribution in [1.82, 2.24) is 0 Å². The van der Waals surface area contributed by atoms with E-state index < -0.39 is 23.8 Å².